The van der Waals surface area contributed by atoms with Crippen molar-refractivity contribution in [3.05, 3.63) is 40.3 Å². The van der Waals surface area contributed by atoms with Crippen LogP contribution in [0.2, 0.25) is 0 Å². The van der Waals surface area contributed by atoms with E-state index in [1.54, 1.807) is 45.2 Å². The van der Waals surface area contributed by atoms with Gasteiger partial charge in [-0.3, -0.25) is 4.79 Å². The van der Waals surface area contributed by atoms with Crippen LogP contribution in [-0.2, 0) is 9.53 Å². The number of amides is 1. The van der Waals surface area contributed by atoms with Crippen molar-refractivity contribution in [2.24, 2.45) is 0 Å². The van der Waals surface area contributed by atoms with Crippen molar-refractivity contribution in [3.63, 3.8) is 0 Å². The fourth-order valence-corrected chi connectivity index (χ4v) is 3.34. The van der Waals surface area contributed by atoms with Crippen molar-refractivity contribution in [2.75, 3.05) is 19.0 Å². The number of hydrogen-bond acceptors (Lipinski definition) is 6. The van der Waals surface area contributed by atoms with E-state index >= 15 is 0 Å². The van der Waals surface area contributed by atoms with Crippen LogP contribution in [-0.4, -0.2) is 31.7 Å². The maximum Gasteiger partial charge on any atom is 0.341 e. The Kier molecular flexibility index (Phi) is 6.63. The van der Waals surface area contributed by atoms with Crippen molar-refractivity contribution < 1.29 is 23.8 Å². The summed E-state index contributed by atoms with van der Waals surface area (Å²) in [6.45, 7) is 7.41. The highest BCUT2D eigenvalue weighted by Gasteiger charge is 2.24. The lowest BCUT2D eigenvalue weighted by atomic mass is 10.1. The number of hydrogen-bond donors (Lipinski definition) is 1. The molecule has 0 radical (unpaired) electrons. The summed E-state index contributed by atoms with van der Waals surface area (Å²) in [5, 5.41) is 3.26. The third-order valence-electron chi connectivity index (χ3n) is 3.84. The van der Waals surface area contributed by atoms with E-state index < -0.39 is 12.1 Å². The minimum absolute atomic E-state index is 0.275. The van der Waals surface area contributed by atoms with Gasteiger partial charge in [-0.1, -0.05) is 0 Å². The molecule has 0 bridgehead atoms. The summed E-state index contributed by atoms with van der Waals surface area (Å²) < 4.78 is 15.8. The third-order valence-corrected chi connectivity index (χ3v) is 4.97. The Hall–Kier alpha value is -2.54. The van der Waals surface area contributed by atoms with E-state index in [1.165, 1.54) is 11.3 Å². The molecular formula is C19H23NO5S. The van der Waals surface area contributed by atoms with Crippen LogP contribution in [0.25, 0.3) is 0 Å². The molecule has 6 nitrogen and oxygen atoms in total. The first-order valence-corrected chi connectivity index (χ1v) is 9.07. The van der Waals surface area contributed by atoms with E-state index in [9.17, 15) is 9.59 Å². The third kappa shape index (κ3) is 4.54. The van der Waals surface area contributed by atoms with Gasteiger partial charge >= 0.3 is 5.97 Å². The van der Waals surface area contributed by atoms with Crippen LogP contribution in [0.4, 0.5) is 5.00 Å². The molecule has 140 valence electrons. The smallest absolute Gasteiger partial charge is 0.341 e. The number of aryl methyl sites for hydroxylation is 1. The summed E-state index contributed by atoms with van der Waals surface area (Å²) in [7, 11) is 1.58. The van der Waals surface area contributed by atoms with Crippen LogP contribution < -0.4 is 14.8 Å². The quantitative estimate of drug-likeness (QED) is 0.740. The molecule has 7 heteroatoms. The molecule has 1 aromatic heterocycles. The topological polar surface area (TPSA) is 73.9 Å². The lowest BCUT2D eigenvalue weighted by molar-refractivity contribution is -0.122. The number of rotatable bonds is 7. The monoisotopic (exact) mass is 377 g/mol. The SMILES string of the molecule is CCOC(=O)c1c(NC(=O)[C@@H](C)Oc2ccc(OC)cc2)sc(C)c1C. The Morgan fingerprint density at radius 1 is 1.15 bits per heavy atom. The molecule has 0 aliphatic rings. The van der Waals surface area contributed by atoms with Crippen LogP contribution in [0.3, 0.4) is 0 Å². The first-order chi connectivity index (χ1) is 12.4. The van der Waals surface area contributed by atoms with Crippen LogP contribution in [0, 0.1) is 13.8 Å². The van der Waals surface area contributed by atoms with E-state index in [1.807, 2.05) is 13.8 Å². The van der Waals surface area contributed by atoms with Crippen LogP contribution in [0.1, 0.15) is 34.6 Å². The maximum atomic E-state index is 12.5. The lowest BCUT2D eigenvalue weighted by Gasteiger charge is -2.15. The average Bonchev–Trinajstić information content (AvgIpc) is 2.89. The molecule has 2 rings (SSSR count). The summed E-state index contributed by atoms with van der Waals surface area (Å²) in [5.41, 5.74) is 1.21. The first-order valence-electron chi connectivity index (χ1n) is 8.26. The molecule has 2 aromatic rings. The molecule has 26 heavy (non-hydrogen) atoms. The van der Waals surface area contributed by atoms with Crippen LogP contribution >= 0.6 is 11.3 Å². The molecule has 0 aliphatic carbocycles. The predicted molar refractivity (Wildman–Crippen MR) is 101 cm³/mol. The summed E-state index contributed by atoms with van der Waals surface area (Å²) >= 11 is 1.35. The van der Waals surface area contributed by atoms with Crippen LogP contribution in [0.15, 0.2) is 24.3 Å². The van der Waals surface area contributed by atoms with E-state index in [2.05, 4.69) is 5.32 Å². The number of thiophene rings is 1. The Morgan fingerprint density at radius 2 is 1.77 bits per heavy atom. The number of methoxy groups -OCH3 is 1. The van der Waals surface area contributed by atoms with Crippen molar-refractivity contribution in [1.29, 1.82) is 0 Å². The fraction of sp³-hybridized carbons (Fsp3) is 0.368. The zero-order valence-electron chi connectivity index (χ0n) is 15.5. The second-order valence-corrected chi connectivity index (χ2v) is 6.86. The molecule has 0 unspecified atom stereocenters. The Morgan fingerprint density at radius 3 is 2.35 bits per heavy atom. The highest BCUT2D eigenvalue weighted by atomic mass is 32.1. The van der Waals surface area contributed by atoms with Gasteiger partial charge in [0.05, 0.1) is 19.3 Å². The van der Waals surface area contributed by atoms with Gasteiger partial charge in [-0.05, 0) is 57.5 Å². The molecule has 1 atom stereocenters. The Labute approximate surface area is 157 Å². The number of carbonyl (C=O) groups excluding carboxylic acids is 2. The number of benzene rings is 1. The van der Waals surface area contributed by atoms with Crippen molar-refractivity contribution in [2.45, 2.75) is 33.8 Å². The molecular weight excluding hydrogens is 354 g/mol. The van der Waals surface area contributed by atoms with E-state index in [-0.39, 0.29) is 12.5 Å². The van der Waals surface area contributed by atoms with Gasteiger partial charge in [-0.15, -0.1) is 11.3 Å². The molecule has 0 aliphatic heterocycles. The van der Waals surface area contributed by atoms with Gasteiger partial charge in [-0.2, -0.15) is 0 Å². The maximum absolute atomic E-state index is 12.5. The molecule has 0 saturated carbocycles. The van der Waals surface area contributed by atoms with Gasteiger partial charge in [0.15, 0.2) is 6.10 Å². The molecule has 1 N–H and O–H groups in total. The highest BCUT2D eigenvalue weighted by Crippen LogP contribution is 2.33. The van der Waals surface area contributed by atoms with Gasteiger partial charge in [0, 0.05) is 4.88 Å². The summed E-state index contributed by atoms with van der Waals surface area (Å²) in [5.74, 6) is 0.483. The number of carbonyl (C=O) groups is 2. The molecule has 0 saturated heterocycles. The van der Waals surface area contributed by atoms with Crippen molar-refractivity contribution >= 4 is 28.2 Å². The van der Waals surface area contributed by atoms with E-state index in [4.69, 9.17) is 14.2 Å². The summed E-state index contributed by atoms with van der Waals surface area (Å²) in [6, 6.07) is 6.97. The minimum atomic E-state index is -0.735. The second kappa shape index (κ2) is 8.71. The average molecular weight is 377 g/mol. The number of esters is 1. The van der Waals surface area contributed by atoms with Gasteiger partial charge in [0.25, 0.3) is 5.91 Å². The molecule has 1 aromatic carbocycles. The molecule has 0 spiro atoms. The van der Waals surface area contributed by atoms with Crippen molar-refractivity contribution in [1.82, 2.24) is 0 Å². The fourth-order valence-electron chi connectivity index (χ4n) is 2.29. The minimum Gasteiger partial charge on any atom is -0.497 e. The Balaban J connectivity index is 2.10. The normalized spacial score (nSPS) is 11.6. The number of anilines is 1. The largest absolute Gasteiger partial charge is 0.497 e. The van der Waals surface area contributed by atoms with Gasteiger partial charge < -0.3 is 19.5 Å². The number of nitrogens with one attached hydrogen (secondary N) is 1. The van der Waals surface area contributed by atoms with Crippen molar-refractivity contribution in [3.8, 4) is 11.5 Å². The van der Waals surface area contributed by atoms with Gasteiger partial charge in [-0.25, -0.2) is 4.79 Å². The molecule has 0 fully saturated rings. The van der Waals surface area contributed by atoms with Gasteiger partial charge in [0.1, 0.15) is 16.5 Å². The first kappa shape index (κ1) is 19.8. The zero-order chi connectivity index (χ0) is 19.3. The molecule has 1 heterocycles. The lowest BCUT2D eigenvalue weighted by Crippen LogP contribution is -2.30. The van der Waals surface area contributed by atoms with E-state index in [0.717, 1.165) is 10.4 Å². The highest BCUT2D eigenvalue weighted by molar-refractivity contribution is 7.16. The predicted octanol–water partition coefficient (Wildman–Crippen LogP) is 3.96. The molecule has 1 amide bonds. The zero-order valence-corrected chi connectivity index (χ0v) is 16.4. The number of ether oxygens (including phenoxy) is 3. The van der Waals surface area contributed by atoms with E-state index in [0.29, 0.717) is 22.1 Å². The second-order valence-electron chi connectivity index (χ2n) is 5.63. The summed E-state index contributed by atoms with van der Waals surface area (Å²) in [6.07, 6.45) is -0.735. The van der Waals surface area contributed by atoms with Gasteiger partial charge in [0.2, 0.25) is 0 Å². The Bertz CT molecular complexity index is 782. The summed E-state index contributed by atoms with van der Waals surface area (Å²) in [4.78, 5) is 25.6. The standard InChI is InChI=1S/C19H23NO5S/c1-6-24-19(22)16-11(2)13(4)26-18(16)20-17(21)12(3)25-15-9-7-14(23-5)8-10-15/h7-10,12H,6H2,1-5H3,(H,20,21)/t12-/m1/s1. The van der Waals surface area contributed by atoms with Crippen LogP contribution in [0.5, 0.6) is 11.5 Å².